The lowest BCUT2D eigenvalue weighted by molar-refractivity contribution is 0.388. The Balaban J connectivity index is 3.59. The molecule has 9 heavy (non-hydrogen) atoms. The van der Waals surface area contributed by atoms with Crippen LogP contribution < -0.4 is 0 Å². The number of hydrogen-bond acceptors (Lipinski definition) is 0. The maximum Gasteiger partial charge on any atom is 0.0327 e. The molecule has 0 nitrogen and oxygen atoms in total. The maximum atomic E-state index is 3.70. The van der Waals surface area contributed by atoms with Gasteiger partial charge in [-0.15, -0.1) is 6.58 Å². The van der Waals surface area contributed by atoms with Crippen LogP contribution in [0, 0.1) is 5.41 Å². The molecule has 54 valence electrons. The molecule has 0 bridgehead atoms. The van der Waals surface area contributed by atoms with E-state index in [4.69, 9.17) is 0 Å². The highest BCUT2D eigenvalue weighted by molar-refractivity contribution is 9.09. The molecule has 0 aliphatic carbocycles. The lowest BCUT2D eigenvalue weighted by atomic mass is 9.91. The fourth-order valence-corrected chi connectivity index (χ4v) is 1.64. The van der Waals surface area contributed by atoms with Gasteiger partial charge in [-0.3, -0.25) is 0 Å². The van der Waals surface area contributed by atoms with Crippen LogP contribution in [0.3, 0.4) is 0 Å². The monoisotopic (exact) mass is 190 g/mol. The van der Waals surface area contributed by atoms with Gasteiger partial charge in [0.2, 0.25) is 0 Å². The molecule has 0 aromatic heterocycles. The number of alkyl halides is 1. The summed E-state index contributed by atoms with van der Waals surface area (Å²) in [5.74, 6) is 0. The highest BCUT2D eigenvalue weighted by Gasteiger charge is 2.13. The zero-order valence-corrected chi connectivity index (χ0v) is 8.03. The van der Waals surface area contributed by atoms with Crippen molar-refractivity contribution < 1.29 is 0 Å². The second-order valence-corrected chi connectivity index (χ2v) is 4.69. The normalized spacial score (nSPS) is 15.1. The Morgan fingerprint density at radius 1 is 1.56 bits per heavy atom. The summed E-state index contributed by atoms with van der Waals surface area (Å²) in [7, 11) is 0. The van der Waals surface area contributed by atoms with Crippen molar-refractivity contribution in [1.82, 2.24) is 0 Å². The summed E-state index contributed by atoms with van der Waals surface area (Å²) in [6, 6.07) is 0. The van der Waals surface area contributed by atoms with Gasteiger partial charge in [0.25, 0.3) is 0 Å². The molecule has 0 radical (unpaired) electrons. The van der Waals surface area contributed by atoms with Crippen LogP contribution in [0.25, 0.3) is 0 Å². The Hall–Kier alpha value is 0.220. The molecule has 0 aliphatic rings. The molecule has 0 N–H and O–H groups in total. The van der Waals surface area contributed by atoms with Crippen molar-refractivity contribution in [3.8, 4) is 0 Å². The van der Waals surface area contributed by atoms with Gasteiger partial charge in [0, 0.05) is 4.83 Å². The first-order valence-electron chi connectivity index (χ1n) is 3.22. The summed E-state index contributed by atoms with van der Waals surface area (Å²) in [5.41, 5.74) is 0.405. The molecule has 1 heteroatoms. The summed E-state index contributed by atoms with van der Waals surface area (Å²) in [6.07, 6.45) is 3.09. The van der Waals surface area contributed by atoms with E-state index in [0.717, 1.165) is 6.42 Å². The fourth-order valence-electron chi connectivity index (χ4n) is 0.668. The minimum Gasteiger partial charge on any atom is -0.102 e. The molecule has 0 saturated carbocycles. The van der Waals surface area contributed by atoms with Crippen LogP contribution in [-0.4, -0.2) is 4.83 Å². The Morgan fingerprint density at radius 2 is 2.00 bits per heavy atom. The molecular formula is C8H15Br. The van der Waals surface area contributed by atoms with E-state index >= 15 is 0 Å². The highest BCUT2D eigenvalue weighted by Crippen LogP contribution is 2.24. The zero-order valence-electron chi connectivity index (χ0n) is 6.45. The largest absolute Gasteiger partial charge is 0.102 e. The van der Waals surface area contributed by atoms with E-state index in [9.17, 15) is 0 Å². The Kier molecular flexibility index (Phi) is 3.49. The first-order chi connectivity index (χ1) is 3.95. The smallest absolute Gasteiger partial charge is 0.0327 e. The summed E-state index contributed by atoms with van der Waals surface area (Å²) in [5, 5.41) is 0. The predicted molar refractivity (Wildman–Crippen MR) is 47.0 cm³/mol. The van der Waals surface area contributed by atoms with Crippen molar-refractivity contribution in [2.24, 2.45) is 5.41 Å². The van der Waals surface area contributed by atoms with Crippen molar-refractivity contribution >= 4 is 15.9 Å². The lowest BCUT2D eigenvalue weighted by Crippen LogP contribution is -2.10. The Morgan fingerprint density at radius 3 is 2.11 bits per heavy atom. The van der Waals surface area contributed by atoms with E-state index in [-0.39, 0.29) is 0 Å². The molecule has 0 amide bonds. The molecule has 1 unspecified atom stereocenters. The molecule has 0 rings (SSSR count). The first-order valence-corrected chi connectivity index (χ1v) is 4.14. The molecule has 0 spiro atoms. The summed E-state index contributed by atoms with van der Waals surface area (Å²) < 4.78 is 0. The molecule has 0 saturated heterocycles. The van der Waals surface area contributed by atoms with Crippen LogP contribution in [-0.2, 0) is 0 Å². The molecule has 1 atom stereocenters. The molecule has 0 aromatic rings. The minimum absolute atomic E-state index is 0.405. The number of halogens is 1. The molecule has 0 heterocycles. The quantitative estimate of drug-likeness (QED) is 0.463. The van der Waals surface area contributed by atoms with Crippen LogP contribution in [0.1, 0.15) is 27.2 Å². The van der Waals surface area contributed by atoms with Gasteiger partial charge < -0.3 is 0 Å². The minimum atomic E-state index is 0.405. The lowest BCUT2D eigenvalue weighted by Gasteiger charge is -2.19. The van der Waals surface area contributed by atoms with Gasteiger partial charge in [0.05, 0.1) is 0 Å². The SMILES string of the molecule is C=CC(Br)CC(C)(C)C. The van der Waals surface area contributed by atoms with Crippen molar-refractivity contribution in [3.63, 3.8) is 0 Å². The number of rotatable bonds is 2. The predicted octanol–water partition coefficient (Wildman–Crippen LogP) is 3.37. The van der Waals surface area contributed by atoms with Crippen LogP contribution >= 0.6 is 15.9 Å². The van der Waals surface area contributed by atoms with Crippen molar-refractivity contribution in [3.05, 3.63) is 12.7 Å². The van der Waals surface area contributed by atoms with Gasteiger partial charge in [0.1, 0.15) is 0 Å². The van der Waals surface area contributed by atoms with E-state index in [1.54, 1.807) is 0 Å². The average molecular weight is 191 g/mol. The van der Waals surface area contributed by atoms with Crippen molar-refractivity contribution in [2.75, 3.05) is 0 Å². The van der Waals surface area contributed by atoms with Gasteiger partial charge in [0.15, 0.2) is 0 Å². The van der Waals surface area contributed by atoms with Gasteiger partial charge in [-0.25, -0.2) is 0 Å². The summed E-state index contributed by atoms with van der Waals surface area (Å²) in [4.78, 5) is 0.470. The first kappa shape index (κ1) is 9.22. The van der Waals surface area contributed by atoms with Crippen LogP contribution in [0.4, 0.5) is 0 Å². The standard InChI is InChI=1S/C8H15Br/c1-5-7(9)6-8(2,3)4/h5,7H,1,6H2,2-4H3. The van der Waals surface area contributed by atoms with Crippen LogP contribution in [0.15, 0.2) is 12.7 Å². The van der Waals surface area contributed by atoms with E-state index < -0.39 is 0 Å². The third-order valence-corrected chi connectivity index (χ3v) is 1.76. The van der Waals surface area contributed by atoms with Gasteiger partial charge in [-0.2, -0.15) is 0 Å². The second-order valence-electron chi connectivity index (χ2n) is 3.52. The van der Waals surface area contributed by atoms with E-state index in [1.165, 1.54) is 0 Å². The summed E-state index contributed by atoms with van der Waals surface area (Å²) >= 11 is 3.49. The average Bonchev–Trinajstić information content (AvgIpc) is 1.62. The molecular weight excluding hydrogens is 176 g/mol. The van der Waals surface area contributed by atoms with E-state index in [1.807, 2.05) is 6.08 Å². The van der Waals surface area contributed by atoms with Crippen LogP contribution in [0.5, 0.6) is 0 Å². The molecule has 0 aliphatic heterocycles. The second kappa shape index (κ2) is 3.40. The van der Waals surface area contributed by atoms with Crippen LogP contribution in [0.2, 0.25) is 0 Å². The van der Waals surface area contributed by atoms with Gasteiger partial charge in [-0.05, 0) is 11.8 Å². The number of hydrogen-bond donors (Lipinski definition) is 0. The Bertz CT molecular complexity index is 89.2. The molecule has 0 fully saturated rings. The summed E-state index contributed by atoms with van der Waals surface area (Å²) in [6.45, 7) is 10.4. The third-order valence-electron chi connectivity index (χ3n) is 1.06. The topological polar surface area (TPSA) is 0 Å². The maximum absolute atomic E-state index is 3.70. The number of allylic oxidation sites excluding steroid dienone is 1. The van der Waals surface area contributed by atoms with Gasteiger partial charge in [-0.1, -0.05) is 42.8 Å². The third kappa shape index (κ3) is 6.10. The highest BCUT2D eigenvalue weighted by atomic mass is 79.9. The molecule has 0 aromatic carbocycles. The van der Waals surface area contributed by atoms with E-state index in [2.05, 4.69) is 43.3 Å². The van der Waals surface area contributed by atoms with Crippen molar-refractivity contribution in [1.29, 1.82) is 0 Å². The zero-order chi connectivity index (χ0) is 7.49. The fraction of sp³-hybridized carbons (Fsp3) is 0.750. The van der Waals surface area contributed by atoms with Crippen molar-refractivity contribution in [2.45, 2.75) is 32.0 Å². The van der Waals surface area contributed by atoms with E-state index in [0.29, 0.717) is 10.2 Å². The van der Waals surface area contributed by atoms with Gasteiger partial charge >= 0.3 is 0 Å². The Labute approximate surface area is 66.5 Å².